The number of aromatic nitrogens is 3. The van der Waals surface area contributed by atoms with E-state index in [0.29, 0.717) is 0 Å². The van der Waals surface area contributed by atoms with Gasteiger partial charge in [-0.2, -0.15) is 0 Å². The van der Waals surface area contributed by atoms with E-state index < -0.39 is 0 Å². The molecule has 3 heterocycles. The summed E-state index contributed by atoms with van der Waals surface area (Å²) >= 11 is 0. The molecule has 0 atom stereocenters. The van der Waals surface area contributed by atoms with E-state index in [1.807, 2.05) is 0 Å². The fourth-order valence-electron chi connectivity index (χ4n) is 22.3. The molecule has 0 aliphatic heterocycles. The zero-order valence-corrected chi connectivity index (χ0v) is 70.9. The van der Waals surface area contributed by atoms with E-state index >= 15 is 0 Å². The number of benzene rings is 18. The van der Waals surface area contributed by atoms with Gasteiger partial charge in [0.15, 0.2) is 0 Å². The van der Waals surface area contributed by atoms with Gasteiger partial charge in [0, 0.05) is 88.1 Å². The van der Waals surface area contributed by atoms with Crippen molar-refractivity contribution in [1.82, 2.24) is 13.7 Å². The van der Waals surface area contributed by atoms with Gasteiger partial charge in [-0.05, 0) is 279 Å². The summed E-state index contributed by atoms with van der Waals surface area (Å²) in [7, 11) is 0. The van der Waals surface area contributed by atoms with Gasteiger partial charge in [-0.25, -0.2) is 0 Å². The van der Waals surface area contributed by atoms with Gasteiger partial charge in [0.05, 0.1) is 33.1 Å². The zero-order chi connectivity index (χ0) is 83.2. The smallest absolute Gasteiger partial charge is 0.0541 e. The van der Waals surface area contributed by atoms with E-state index in [4.69, 9.17) is 0 Å². The first kappa shape index (κ1) is 73.1. The van der Waals surface area contributed by atoms with Crippen LogP contribution in [0.1, 0.15) is 99.9 Å². The second kappa shape index (κ2) is 27.3. The molecule has 0 amide bonds. The summed E-state index contributed by atoms with van der Waals surface area (Å²) < 4.78 is 7.12. The van der Waals surface area contributed by atoms with Crippen LogP contribution < -0.4 is 4.90 Å². The van der Waals surface area contributed by atoms with Gasteiger partial charge in [0.25, 0.3) is 0 Å². The van der Waals surface area contributed by atoms with Gasteiger partial charge in [-0.15, -0.1) is 0 Å². The molecular weight excluding hydrogens is 1500 g/mol. The molecule has 18 aromatic carbocycles. The Kier molecular flexibility index (Phi) is 16.1. The van der Waals surface area contributed by atoms with Gasteiger partial charge < -0.3 is 18.6 Å². The third kappa shape index (κ3) is 10.9. The third-order valence-corrected chi connectivity index (χ3v) is 28.6. The number of anilines is 3. The molecule has 4 aliphatic carbocycles. The lowest BCUT2D eigenvalue weighted by atomic mass is 9.78. The Morgan fingerprint density at radius 2 is 0.347 bits per heavy atom. The van der Waals surface area contributed by atoms with Crippen molar-refractivity contribution in [2.45, 2.75) is 77.0 Å². The minimum absolute atomic E-state index is 0.121. The predicted molar refractivity (Wildman–Crippen MR) is 523 cm³/mol. The predicted octanol–water partition coefficient (Wildman–Crippen LogP) is 32.0. The number of hydrogen-bond donors (Lipinski definition) is 0. The van der Waals surface area contributed by atoms with Crippen LogP contribution in [0.15, 0.2) is 400 Å². The first-order chi connectivity index (χ1) is 60.5. The average Bonchev–Trinajstić information content (AvgIpc) is 1.50. The third-order valence-electron chi connectivity index (χ3n) is 28.6. The van der Waals surface area contributed by atoms with Gasteiger partial charge in [0.1, 0.15) is 0 Å². The molecule has 0 saturated heterocycles. The molecule has 0 unspecified atom stereocenters. The minimum Gasteiger partial charge on any atom is -0.310 e. The van der Waals surface area contributed by atoms with Gasteiger partial charge in [-0.1, -0.05) is 310 Å². The minimum atomic E-state index is -0.121. The van der Waals surface area contributed by atoms with Crippen LogP contribution in [0.4, 0.5) is 17.1 Å². The van der Waals surface area contributed by atoms with Crippen molar-refractivity contribution in [3.05, 3.63) is 445 Å². The number of hydrogen-bond acceptors (Lipinski definition) is 1. The molecular formula is C120H90N4. The summed E-state index contributed by atoms with van der Waals surface area (Å²) in [4.78, 5) is 2.36. The number of rotatable bonds is 10. The molecule has 4 aliphatic rings. The van der Waals surface area contributed by atoms with E-state index in [2.05, 4.69) is 474 Å². The lowest BCUT2D eigenvalue weighted by Crippen LogP contribution is -2.15. The Hall–Kier alpha value is -14.8. The molecule has 0 fully saturated rings. The maximum atomic E-state index is 2.55. The normalized spacial score (nSPS) is 14.2. The lowest BCUT2D eigenvalue weighted by Gasteiger charge is -2.26. The molecule has 25 rings (SSSR count). The highest BCUT2D eigenvalue weighted by Gasteiger charge is 2.41. The first-order valence-corrected chi connectivity index (χ1v) is 43.8. The summed E-state index contributed by atoms with van der Waals surface area (Å²) in [6.45, 7) is 19.2. The molecule has 590 valence electrons. The highest BCUT2D eigenvalue weighted by Crippen LogP contribution is 2.57. The Balaban J connectivity index is 0.000000141. The van der Waals surface area contributed by atoms with E-state index in [-0.39, 0.29) is 21.7 Å². The van der Waals surface area contributed by atoms with Crippen LogP contribution in [0.5, 0.6) is 0 Å². The summed E-state index contributed by atoms with van der Waals surface area (Å²) in [5, 5.41) is 7.56. The fraction of sp³-hybridized carbons (Fsp3) is 0.100. The maximum Gasteiger partial charge on any atom is 0.0541 e. The molecule has 124 heavy (non-hydrogen) atoms. The fourth-order valence-corrected chi connectivity index (χ4v) is 22.3. The molecule has 21 aromatic rings. The molecule has 0 N–H and O–H groups in total. The second-order valence-corrected chi connectivity index (χ2v) is 36.7. The Morgan fingerprint density at radius 3 is 0.565 bits per heavy atom. The van der Waals surface area contributed by atoms with Crippen molar-refractivity contribution >= 4 is 82.5 Å². The van der Waals surface area contributed by atoms with Crippen molar-refractivity contribution in [2.24, 2.45) is 0 Å². The molecule has 4 nitrogen and oxygen atoms in total. The van der Waals surface area contributed by atoms with Crippen LogP contribution >= 0.6 is 0 Å². The molecule has 0 saturated carbocycles. The Bertz CT molecular complexity index is 7020. The number of fused-ring (bicyclic) bond motifs is 21. The van der Waals surface area contributed by atoms with Crippen LogP contribution in [-0.2, 0) is 21.7 Å². The standard InChI is InChI=1S/C66H54.C54H36N4/c1-63(2)55-21-13-9-17-43(55)47-29-25-39(33-59(47)63)51-37-53(41-27-31-49-45-19-11-15-23-57(45)65(5,6)61(49)35-41)54(42-28-32-50-46-20-12-16-24-58(46)66(7,8)62(50)36-42)38-52(51)40-26-30-48-44-18-10-14-22-56(44)64(3,4)60(48)34-40;1-7-19-49-43(13-1)44-14-2-8-20-50(44)56(49)40-31-25-37(26-32-40)55(38-27-33-41(34-28-38)57-51-21-9-3-15-45(51)46-16-4-10-22-52(46)57)39-29-35-42(36-30-39)58-53-23-11-5-17-47(53)48-18-6-12-24-54(48)58/h9-38H,1-8H3;1-36H. The van der Waals surface area contributed by atoms with Crippen molar-refractivity contribution < 1.29 is 0 Å². The van der Waals surface area contributed by atoms with Crippen LogP contribution in [0, 0.1) is 0 Å². The van der Waals surface area contributed by atoms with E-state index in [9.17, 15) is 0 Å². The summed E-state index contributed by atoms with van der Waals surface area (Å²) in [5.41, 5.74) is 45.3. The largest absolute Gasteiger partial charge is 0.310 e. The Morgan fingerprint density at radius 1 is 0.161 bits per heavy atom. The maximum absolute atomic E-state index is 2.55. The summed E-state index contributed by atoms with van der Waals surface area (Å²) in [5.74, 6) is 0. The van der Waals surface area contributed by atoms with Crippen LogP contribution in [0.3, 0.4) is 0 Å². The summed E-state index contributed by atoms with van der Waals surface area (Å²) in [6, 6.07) is 149. The molecule has 4 heteroatoms. The second-order valence-electron chi connectivity index (χ2n) is 36.7. The molecule has 0 bridgehead atoms. The van der Waals surface area contributed by atoms with Crippen molar-refractivity contribution in [2.75, 3.05) is 4.90 Å². The quantitative estimate of drug-likeness (QED) is 0.133. The number of nitrogens with zero attached hydrogens (tertiary/aromatic N) is 4. The topological polar surface area (TPSA) is 18.0 Å². The van der Waals surface area contributed by atoms with Crippen molar-refractivity contribution in [1.29, 1.82) is 0 Å². The van der Waals surface area contributed by atoms with E-state index in [1.54, 1.807) is 0 Å². The molecule has 0 radical (unpaired) electrons. The van der Waals surface area contributed by atoms with E-state index in [0.717, 1.165) is 34.1 Å². The average molecular weight is 1590 g/mol. The highest BCUT2D eigenvalue weighted by atomic mass is 15.1. The molecule has 0 spiro atoms. The van der Waals surface area contributed by atoms with Gasteiger partial charge >= 0.3 is 0 Å². The summed E-state index contributed by atoms with van der Waals surface area (Å²) in [6.07, 6.45) is 0. The van der Waals surface area contributed by atoms with E-state index in [1.165, 1.54) is 199 Å². The van der Waals surface area contributed by atoms with Gasteiger partial charge in [0.2, 0.25) is 0 Å². The van der Waals surface area contributed by atoms with Crippen molar-refractivity contribution in [3.8, 4) is 106 Å². The van der Waals surface area contributed by atoms with Gasteiger partial charge in [-0.3, -0.25) is 0 Å². The first-order valence-electron chi connectivity index (χ1n) is 43.8. The SMILES string of the molecule is CC1(C)c2ccccc2-c2ccc(-c3cc(-c4ccc5c(c4)C(C)(C)c4ccccc4-5)c(-c4ccc5c(c4)C(C)(C)c4ccccc4-5)cc3-c3ccc4c(c3)C(C)(C)c3ccccc3-4)cc21.c1ccc2c(c1)c1ccccc1n2-c1ccc(N(c2ccc(-n3c4ccccc4c4ccccc43)cc2)c2ccc(-n3c4ccccc4c4ccccc43)cc2)cc1. The Labute approximate surface area is 724 Å². The lowest BCUT2D eigenvalue weighted by molar-refractivity contribution is 0.660. The van der Waals surface area contributed by atoms with Crippen LogP contribution in [0.2, 0.25) is 0 Å². The van der Waals surface area contributed by atoms with Crippen molar-refractivity contribution in [3.63, 3.8) is 0 Å². The monoisotopic (exact) mass is 1590 g/mol. The number of para-hydroxylation sites is 6. The zero-order valence-electron chi connectivity index (χ0n) is 70.9. The molecule has 3 aromatic heterocycles. The van der Waals surface area contributed by atoms with Crippen LogP contribution in [0.25, 0.3) is 171 Å². The van der Waals surface area contributed by atoms with Crippen LogP contribution in [-0.4, -0.2) is 13.7 Å². The highest BCUT2D eigenvalue weighted by molar-refractivity contribution is 6.12.